The number of rotatable bonds is 0. The second kappa shape index (κ2) is 6.01. The molecule has 2 aromatic rings. The minimum absolute atomic E-state index is 1.07. The zero-order valence-corrected chi connectivity index (χ0v) is 7.56. The maximum atomic E-state index is 3.72. The van der Waals surface area contributed by atoms with Crippen molar-refractivity contribution in [3.05, 3.63) is 79.2 Å². The summed E-state index contributed by atoms with van der Waals surface area (Å²) in [7, 11) is 0. The molecular formula is C13H13. The molecule has 0 nitrogen and oxygen atoms in total. The van der Waals surface area contributed by atoms with Gasteiger partial charge in [0.2, 0.25) is 0 Å². The molecule has 0 amide bonds. The first kappa shape index (κ1) is 9.53. The van der Waals surface area contributed by atoms with E-state index in [1.54, 1.807) is 0 Å². The van der Waals surface area contributed by atoms with Crippen molar-refractivity contribution in [3.63, 3.8) is 0 Å². The largest absolute Gasteiger partial charge is 0.0623 e. The summed E-state index contributed by atoms with van der Waals surface area (Å²) >= 11 is 0. The summed E-state index contributed by atoms with van der Waals surface area (Å²) in [5.41, 5.74) is 1.07. The second-order valence-electron chi connectivity index (χ2n) is 2.64. The van der Waals surface area contributed by atoms with E-state index in [0.29, 0.717) is 0 Å². The molecule has 2 rings (SSSR count). The molecule has 0 aliphatic rings. The number of hydrogen-bond donors (Lipinski definition) is 0. The Morgan fingerprint density at radius 1 is 0.538 bits per heavy atom. The quantitative estimate of drug-likeness (QED) is 0.565. The van der Waals surface area contributed by atoms with Crippen molar-refractivity contribution in [1.29, 1.82) is 0 Å². The Morgan fingerprint density at radius 2 is 0.846 bits per heavy atom. The molecule has 0 atom stereocenters. The van der Waals surface area contributed by atoms with Crippen molar-refractivity contribution >= 4 is 0 Å². The number of benzene rings is 2. The lowest BCUT2D eigenvalue weighted by Crippen LogP contribution is -1.62. The van der Waals surface area contributed by atoms with Crippen LogP contribution in [0.4, 0.5) is 0 Å². The first-order valence-electron chi connectivity index (χ1n) is 4.26. The highest BCUT2D eigenvalue weighted by Crippen LogP contribution is 1.92. The number of hydrogen-bond acceptors (Lipinski definition) is 0. The summed E-state index contributed by atoms with van der Waals surface area (Å²) in [6.45, 7) is 3.72. The van der Waals surface area contributed by atoms with Crippen LogP contribution in [0.5, 0.6) is 0 Å². The molecular weight excluding hydrogens is 156 g/mol. The lowest BCUT2D eigenvalue weighted by atomic mass is 10.2. The van der Waals surface area contributed by atoms with E-state index >= 15 is 0 Å². The SMILES string of the molecule is [CH2]c1ccccc1.c1ccccc1. The fourth-order valence-electron chi connectivity index (χ4n) is 0.863. The lowest BCUT2D eigenvalue weighted by molar-refractivity contribution is 1.62. The highest BCUT2D eigenvalue weighted by atomic mass is 13.8. The molecule has 1 radical (unpaired) electrons. The average molecular weight is 169 g/mol. The summed E-state index contributed by atoms with van der Waals surface area (Å²) in [4.78, 5) is 0. The molecule has 0 saturated carbocycles. The van der Waals surface area contributed by atoms with Crippen molar-refractivity contribution in [3.8, 4) is 0 Å². The fourth-order valence-corrected chi connectivity index (χ4v) is 0.863. The van der Waals surface area contributed by atoms with Gasteiger partial charge in [-0.25, -0.2) is 0 Å². The van der Waals surface area contributed by atoms with Crippen LogP contribution in [0.25, 0.3) is 0 Å². The molecule has 0 heterocycles. The van der Waals surface area contributed by atoms with Gasteiger partial charge in [-0.2, -0.15) is 0 Å². The summed E-state index contributed by atoms with van der Waals surface area (Å²) in [5.74, 6) is 0. The van der Waals surface area contributed by atoms with Crippen LogP contribution in [0.15, 0.2) is 66.7 Å². The Kier molecular flexibility index (Phi) is 4.41. The Hall–Kier alpha value is -1.56. The van der Waals surface area contributed by atoms with E-state index in [2.05, 4.69) is 6.92 Å². The lowest BCUT2D eigenvalue weighted by Gasteiger charge is -1.82. The zero-order chi connectivity index (χ0) is 9.36. The van der Waals surface area contributed by atoms with Gasteiger partial charge in [0.1, 0.15) is 0 Å². The first-order chi connectivity index (χ1) is 6.39. The molecule has 0 aliphatic carbocycles. The van der Waals surface area contributed by atoms with E-state index in [-0.39, 0.29) is 0 Å². The standard InChI is InChI=1S/C7H7.C6H6/c1-7-5-3-2-4-6-7;1-2-4-6-5-3-1/h2-6H,1H2;1-6H. The minimum Gasteiger partial charge on any atom is -0.0623 e. The highest BCUT2D eigenvalue weighted by molar-refractivity contribution is 5.16. The van der Waals surface area contributed by atoms with E-state index in [1.807, 2.05) is 66.7 Å². The zero-order valence-electron chi connectivity index (χ0n) is 7.56. The summed E-state index contributed by atoms with van der Waals surface area (Å²) in [6, 6.07) is 21.9. The molecule has 0 saturated heterocycles. The third-order valence-corrected chi connectivity index (χ3v) is 1.51. The van der Waals surface area contributed by atoms with Crippen LogP contribution in [-0.2, 0) is 0 Å². The highest BCUT2D eigenvalue weighted by Gasteiger charge is 1.72. The summed E-state index contributed by atoms with van der Waals surface area (Å²) in [5, 5.41) is 0. The van der Waals surface area contributed by atoms with Crippen molar-refractivity contribution in [2.24, 2.45) is 0 Å². The molecule has 13 heavy (non-hydrogen) atoms. The van der Waals surface area contributed by atoms with Gasteiger partial charge < -0.3 is 0 Å². The second-order valence-corrected chi connectivity index (χ2v) is 2.64. The topological polar surface area (TPSA) is 0 Å². The molecule has 0 aromatic heterocycles. The van der Waals surface area contributed by atoms with Gasteiger partial charge >= 0.3 is 0 Å². The normalized spacial score (nSPS) is 8.38. The van der Waals surface area contributed by atoms with E-state index < -0.39 is 0 Å². The Morgan fingerprint density at radius 3 is 1.08 bits per heavy atom. The molecule has 0 spiro atoms. The van der Waals surface area contributed by atoms with E-state index in [4.69, 9.17) is 0 Å². The predicted octanol–water partition coefficient (Wildman–Crippen LogP) is 3.56. The van der Waals surface area contributed by atoms with Gasteiger partial charge in [0.05, 0.1) is 0 Å². The third-order valence-electron chi connectivity index (χ3n) is 1.51. The van der Waals surface area contributed by atoms with Crippen LogP contribution < -0.4 is 0 Å². The van der Waals surface area contributed by atoms with Crippen LogP contribution in [0.1, 0.15) is 5.56 Å². The predicted molar refractivity (Wildman–Crippen MR) is 57.3 cm³/mol. The summed E-state index contributed by atoms with van der Waals surface area (Å²) < 4.78 is 0. The van der Waals surface area contributed by atoms with Gasteiger partial charge in [0, 0.05) is 0 Å². The third kappa shape index (κ3) is 4.81. The van der Waals surface area contributed by atoms with Crippen molar-refractivity contribution in [1.82, 2.24) is 0 Å². The van der Waals surface area contributed by atoms with Crippen LogP contribution in [0.3, 0.4) is 0 Å². The van der Waals surface area contributed by atoms with E-state index in [1.165, 1.54) is 0 Å². The maximum absolute atomic E-state index is 3.72. The molecule has 65 valence electrons. The van der Waals surface area contributed by atoms with Crippen LogP contribution in [-0.4, -0.2) is 0 Å². The van der Waals surface area contributed by atoms with Crippen LogP contribution in [0.2, 0.25) is 0 Å². The van der Waals surface area contributed by atoms with Crippen LogP contribution in [0, 0.1) is 6.92 Å². The van der Waals surface area contributed by atoms with Gasteiger partial charge in [-0.3, -0.25) is 0 Å². The van der Waals surface area contributed by atoms with Crippen molar-refractivity contribution in [2.45, 2.75) is 0 Å². The maximum Gasteiger partial charge on any atom is -0.0238 e. The molecule has 0 aliphatic heterocycles. The van der Waals surface area contributed by atoms with Crippen molar-refractivity contribution < 1.29 is 0 Å². The fraction of sp³-hybridized carbons (Fsp3) is 0. The van der Waals surface area contributed by atoms with Gasteiger partial charge in [0.25, 0.3) is 0 Å². The summed E-state index contributed by atoms with van der Waals surface area (Å²) in [6.07, 6.45) is 0. The Bertz CT molecular complexity index is 271. The molecule has 0 bridgehead atoms. The van der Waals surface area contributed by atoms with Gasteiger partial charge in [0.15, 0.2) is 0 Å². The van der Waals surface area contributed by atoms with Gasteiger partial charge in [-0.05, 0) is 12.5 Å². The Labute approximate surface area is 79.9 Å². The van der Waals surface area contributed by atoms with E-state index in [9.17, 15) is 0 Å². The van der Waals surface area contributed by atoms with Crippen molar-refractivity contribution in [2.75, 3.05) is 0 Å². The molecule has 2 aromatic carbocycles. The smallest absolute Gasteiger partial charge is 0.0238 e. The van der Waals surface area contributed by atoms with Crippen LogP contribution >= 0.6 is 0 Å². The Balaban J connectivity index is 0.000000132. The monoisotopic (exact) mass is 169 g/mol. The molecule has 0 heteroatoms. The minimum atomic E-state index is 1.07. The first-order valence-corrected chi connectivity index (χ1v) is 4.26. The molecule has 0 fully saturated rings. The molecule has 0 N–H and O–H groups in total. The van der Waals surface area contributed by atoms with Gasteiger partial charge in [-0.1, -0.05) is 66.7 Å². The van der Waals surface area contributed by atoms with E-state index in [0.717, 1.165) is 5.56 Å². The average Bonchev–Trinajstić information content (AvgIpc) is 2.22. The van der Waals surface area contributed by atoms with Gasteiger partial charge in [-0.15, -0.1) is 0 Å². The molecule has 0 unspecified atom stereocenters.